The van der Waals surface area contributed by atoms with Gasteiger partial charge in [0, 0.05) is 24.1 Å². The van der Waals surface area contributed by atoms with E-state index in [0.717, 1.165) is 21.0 Å². The molecular formula is C14H19BrN2OS2. The first kappa shape index (κ1) is 16.1. The second-order valence-electron chi connectivity index (χ2n) is 5.53. The molecule has 0 aliphatic heterocycles. The quantitative estimate of drug-likeness (QED) is 0.825. The summed E-state index contributed by atoms with van der Waals surface area (Å²) in [6.07, 6.45) is 0. The lowest BCUT2D eigenvalue weighted by molar-refractivity contribution is 0.181. The monoisotopic (exact) mass is 374 g/mol. The van der Waals surface area contributed by atoms with Crippen molar-refractivity contribution in [3.63, 3.8) is 0 Å². The Balaban J connectivity index is 2.23. The van der Waals surface area contributed by atoms with E-state index in [1.165, 1.54) is 9.75 Å². The van der Waals surface area contributed by atoms with E-state index < -0.39 is 0 Å². The van der Waals surface area contributed by atoms with Gasteiger partial charge >= 0.3 is 0 Å². The number of thiophene rings is 1. The van der Waals surface area contributed by atoms with E-state index in [1.807, 2.05) is 0 Å². The molecule has 2 heterocycles. The van der Waals surface area contributed by atoms with Gasteiger partial charge in [0.05, 0.1) is 21.0 Å². The van der Waals surface area contributed by atoms with E-state index in [2.05, 4.69) is 54.2 Å². The van der Waals surface area contributed by atoms with Crippen LogP contribution in [0.1, 0.15) is 31.3 Å². The first-order valence-electron chi connectivity index (χ1n) is 6.37. The van der Waals surface area contributed by atoms with Crippen LogP contribution >= 0.6 is 38.6 Å². The molecule has 0 saturated carbocycles. The third-order valence-corrected chi connectivity index (χ3v) is 5.51. The molecule has 0 amide bonds. The van der Waals surface area contributed by atoms with Crippen molar-refractivity contribution in [2.75, 3.05) is 7.11 Å². The van der Waals surface area contributed by atoms with Gasteiger partial charge in [-0.25, -0.2) is 4.98 Å². The molecule has 0 atom stereocenters. The maximum absolute atomic E-state index is 5.27. The molecule has 0 aromatic carbocycles. The highest BCUT2D eigenvalue weighted by Gasteiger charge is 2.16. The van der Waals surface area contributed by atoms with E-state index in [1.54, 1.807) is 29.8 Å². The Morgan fingerprint density at radius 2 is 2.05 bits per heavy atom. The smallest absolute Gasteiger partial charge is 0.134 e. The lowest BCUT2D eigenvalue weighted by Crippen LogP contribution is -2.35. The lowest BCUT2D eigenvalue weighted by Gasteiger charge is -2.20. The highest BCUT2D eigenvalue weighted by Crippen LogP contribution is 2.35. The fourth-order valence-corrected chi connectivity index (χ4v) is 4.10. The van der Waals surface area contributed by atoms with Crippen LogP contribution in [0.15, 0.2) is 15.9 Å². The topological polar surface area (TPSA) is 34.1 Å². The van der Waals surface area contributed by atoms with E-state index in [0.29, 0.717) is 6.61 Å². The second kappa shape index (κ2) is 6.66. The Morgan fingerprint density at radius 3 is 2.60 bits per heavy atom. The van der Waals surface area contributed by atoms with Gasteiger partial charge in [0.1, 0.15) is 5.01 Å². The third kappa shape index (κ3) is 4.36. The van der Waals surface area contributed by atoms with Crippen molar-refractivity contribution in [3.8, 4) is 9.88 Å². The molecule has 0 fully saturated rings. The Bertz CT molecular complexity index is 572. The number of thiazole rings is 1. The number of aromatic nitrogens is 1. The SMILES string of the molecule is COCc1nc(-c2ccc(Br)s2)sc1CNC(C)(C)C. The zero-order valence-corrected chi connectivity index (χ0v) is 15.3. The first-order chi connectivity index (χ1) is 9.39. The minimum atomic E-state index is 0.0977. The Labute approximate surface area is 136 Å². The fourth-order valence-electron chi connectivity index (χ4n) is 1.65. The maximum atomic E-state index is 5.27. The van der Waals surface area contributed by atoms with Crippen molar-refractivity contribution < 1.29 is 4.74 Å². The van der Waals surface area contributed by atoms with Gasteiger partial charge in [-0.2, -0.15) is 0 Å². The van der Waals surface area contributed by atoms with Crippen LogP contribution in [0, 0.1) is 0 Å². The minimum Gasteiger partial charge on any atom is -0.378 e. The summed E-state index contributed by atoms with van der Waals surface area (Å²) in [4.78, 5) is 7.17. The summed E-state index contributed by atoms with van der Waals surface area (Å²) in [6.45, 7) is 7.89. The van der Waals surface area contributed by atoms with Crippen LogP contribution in [0.3, 0.4) is 0 Å². The predicted molar refractivity (Wildman–Crippen MR) is 90.4 cm³/mol. The van der Waals surface area contributed by atoms with Gasteiger partial charge in [0.25, 0.3) is 0 Å². The van der Waals surface area contributed by atoms with Crippen molar-refractivity contribution >= 4 is 38.6 Å². The molecule has 2 aromatic heterocycles. The Kier molecular flexibility index (Phi) is 5.36. The van der Waals surface area contributed by atoms with Gasteiger partial charge in [-0.3, -0.25) is 0 Å². The third-order valence-electron chi connectivity index (χ3n) is 2.62. The van der Waals surface area contributed by atoms with Crippen molar-refractivity contribution in [1.82, 2.24) is 10.3 Å². The molecule has 0 saturated heterocycles. The van der Waals surface area contributed by atoms with Crippen LogP contribution in [-0.2, 0) is 17.9 Å². The fraction of sp³-hybridized carbons (Fsp3) is 0.500. The van der Waals surface area contributed by atoms with Crippen molar-refractivity contribution in [3.05, 3.63) is 26.5 Å². The molecule has 0 aliphatic carbocycles. The average Bonchev–Trinajstić information content (AvgIpc) is 2.93. The maximum Gasteiger partial charge on any atom is 0.134 e. The van der Waals surface area contributed by atoms with Crippen LogP contribution in [-0.4, -0.2) is 17.6 Å². The molecule has 2 rings (SSSR count). The van der Waals surface area contributed by atoms with E-state index in [-0.39, 0.29) is 5.54 Å². The molecule has 2 aromatic rings. The number of methoxy groups -OCH3 is 1. The number of hydrogen-bond acceptors (Lipinski definition) is 5. The number of rotatable bonds is 5. The summed E-state index contributed by atoms with van der Waals surface area (Å²) in [7, 11) is 1.71. The molecule has 1 N–H and O–H groups in total. The van der Waals surface area contributed by atoms with Crippen molar-refractivity contribution in [2.45, 2.75) is 39.5 Å². The lowest BCUT2D eigenvalue weighted by atomic mass is 10.1. The highest BCUT2D eigenvalue weighted by atomic mass is 79.9. The van der Waals surface area contributed by atoms with Crippen molar-refractivity contribution in [1.29, 1.82) is 0 Å². The Morgan fingerprint density at radius 1 is 1.30 bits per heavy atom. The number of halogens is 1. The summed E-state index contributed by atoms with van der Waals surface area (Å²) < 4.78 is 6.40. The molecule has 20 heavy (non-hydrogen) atoms. The van der Waals surface area contributed by atoms with E-state index >= 15 is 0 Å². The molecule has 0 bridgehead atoms. The number of ether oxygens (including phenoxy) is 1. The number of nitrogens with zero attached hydrogens (tertiary/aromatic N) is 1. The van der Waals surface area contributed by atoms with Gasteiger partial charge in [0.2, 0.25) is 0 Å². The normalized spacial score (nSPS) is 12.1. The number of nitrogens with one attached hydrogen (secondary N) is 1. The molecule has 0 radical (unpaired) electrons. The summed E-state index contributed by atoms with van der Waals surface area (Å²) in [5.41, 5.74) is 1.13. The van der Waals surface area contributed by atoms with Crippen LogP contribution in [0.5, 0.6) is 0 Å². The Hall–Kier alpha value is -0.270. The van der Waals surface area contributed by atoms with Gasteiger partial charge in [-0.05, 0) is 48.8 Å². The van der Waals surface area contributed by atoms with Gasteiger partial charge in [-0.1, -0.05) is 0 Å². The molecule has 0 unspecified atom stereocenters. The van der Waals surface area contributed by atoms with E-state index in [9.17, 15) is 0 Å². The van der Waals surface area contributed by atoms with Gasteiger partial charge < -0.3 is 10.1 Å². The van der Waals surface area contributed by atoms with E-state index in [4.69, 9.17) is 9.72 Å². The highest BCUT2D eigenvalue weighted by molar-refractivity contribution is 9.11. The van der Waals surface area contributed by atoms with Crippen LogP contribution in [0.25, 0.3) is 9.88 Å². The molecule has 6 heteroatoms. The summed E-state index contributed by atoms with van der Waals surface area (Å²) in [6, 6.07) is 4.16. The predicted octanol–water partition coefficient (Wildman–Crippen LogP) is 4.67. The standard InChI is InChI=1S/C14H19BrN2OS2/c1-14(2,3)16-7-11-9(8-18-4)17-13(20-11)10-5-6-12(15)19-10/h5-6,16H,7-8H2,1-4H3. The molecular weight excluding hydrogens is 356 g/mol. The minimum absolute atomic E-state index is 0.0977. The average molecular weight is 375 g/mol. The summed E-state index contributed by atoms with van der Waals surface area (Å²) in [5, 5.41) is 4.58. The van der Waals surface area contributed by atoms with Gasteiger partial charge in [0.15, 0.2) is 0 Å². The van der Waals surface area contributed by atoms with Crippen LogP contribution in [0.2, 0.25) is 0 Å². The second-order valence-corrected chi connectivity index (χ2v) is 9.08. The van der Waals surface area contributed by atoms with Gasteiger partial charge in [-0.15, -0.1) is 22.7 Å². The zero-order valence-electron chi connectivity index (χ0n) is 12.1. The van der Waals surface area contributed by atoms with Crippen molar-refractivity contribution in [2.24, 2.45) is 0 Å². The van der Waals surface area contributed by atoms with Crippen LogP contribution in [0.4, 0.5) is 0 Å². The van der Waals surface area contributed by atoms with Crippen LogP contribution < -0.4 is 5.32 Å². The molecule has 0 spiro atoms. The summed E-state index contributed by atoms with van der Waals surface area (Å²) >= 11 is 6.95. The molecule has 110 valence electrons. The molecule has 3 nitrogen and oxygen atoms in total. The largest absolute Gasteiger partial charge is 0.378 e. The molecule has 0 aliphatic rings. The summed E-state index contributed by atoms with van der Waals surface area (Å²) in [5.74, 6) is 0. The zero-order chi connectivity index (χ0) is 14.8. The first-order valence-corrected chi connectivity index (χ1v) is 8.80. The number of hydrogen-bond donors (Lipinski definition) is 1.